The summed E-state index contributed by atoms with van der Waals surface area (Å²) in [5.41, 5.74) is 7.30. The van der Waals surface area contributed by atoms with Gasteiger partial charge in [0.15, 0.2) is 5.83 Å². The molecule has 0 fully saturated rings. The minimum Gasteiger partial charge on any atom is -0.384 e. The lowest BCUT2D eigenvalue weighted by atomic mass is 10.1. The fraction of sp³-hybridized carbons (Fsp3) is 0.143. The summed E-state index contributed by atoms with van der Waals surface area (Å²) < 4.78 is 13.8. The van der Waals surface area contributed by atoms with E-state index in [1.165, 1.54) is 25.1 Å². The number of nitrogens with two attached hydrogens (primary N) is 1. The molecule has 5 nitrogen and oxygen atoms in total. The summed E-state index contributed by atoms with van der Waals surface area (Å²) in [4.78, 5) is 15.6. The Balaban J connectivity index is 2.50. The Morgan fingerprint density at radius 1 is 1.45 bits per heavy atom. The third kappa shape index (κ3) is 2.54. The van der Waals surface area contributed by atoms with Gasteiger partial charge in [-0.15, -0.1) is 0 Å². The minimum atomic E-state index is -0.843. The van der Waals surface area contributed by atoms with Crippen molar-refractivity contribution < 1.29 is 9.18 Å². The molecule has 0 saturated carbocycles. The normalized spacial score (nSPS) is 11.7. The van der Waals surface area contributed by atoms with Gasteiger partial charge < -0.3 is 15.6 Å². The van der Waals surface area contributed by atoms with Crippen LogP contribution in [-0.2, 0) is 4.79 Å². The fourth-order valence-electron chi connectivity index (χ4n) is 1.84. The van der Waals surface area contributed by atoms with E-state index in [0.717, 1.165) is 5.52 Å². The molecule has 1 aromatic heterocycles. The van der Waals surface area contributed by atoms with Crippen molar-refractivity contribution in [2.45, 2.75) is 0 Å². The monoisotopic (exact) mass is 274 g/mol. The predicted octanol–water partition coefficient (Wildman–Crippen LogP) is 1.85. The smallest absolute Gasteiger partial charge is 0.282 e. The first-order valence-electron chi connectivity index (χ1n) is 5.94. The van der Waals surface area contributed by atoms with Crippen molar-refractivity contribution in [2.75, 3.05) is 14.1 Å². The van der Waals surface area contributed by atoms with E-state index < -0.39 is 11.7 Å². The van der Waals surface area contributed by atoms with Gasteiger partial charge in [-0.1, -0.05) is 0 Å². The number of nitrogens with zero attached hydrogens (tertiary/aromatic N) is 1. The van der Waals surface area contributed by atoms with Crippen LogP contribution in [0.15, 0.2) is 30.2 Å². The van der Waals surface area contributed by atoms with E-state index in [4.69, 9.17) is 11.1 Å². The second-order valence-electron chi connectivity index (χ2n) is 4.61. The van der Waals surface area contributed by atoms with Crippen molar-refractivity contribution in [3.05, 3.63) is 41.3 Å². The maximum atomic E-state index is 13.8. The lowest BCUT2D eigenvalue weighted by Gasteiger charge is -2.07. The van der Waals surface area contributed by atoms with Crippen LogP contribution in [0.5, 0.6) is 0 Å². The third-order valence-electron chi connectivity index (χ3n) is 2.92. The van der Waals surface area contributed by atoms with Crippen molar-refractivity contribution in [3.63, 3.8) is 0 Å². The van der Waals surface area contributed by atoms with Gasteiger partial charge in [-0.3, -0.25) is 10.2 Å². The van der Waals surface area contributed by atoms with Crippen LogP contribution in [0.2, 0.25) is 0 Å². The van der Waals surface area contributed by atoms with Crippen molar-refractivity contribution in [1.29, 1.82) is 5.41 Å². The number of amides is 1. The zero-order valence-corrected chi connectivity index (χ0v) is 11.2. The second-order valence-corrected chi connectivity index (χ2v) is 4.61. The van der Waals surface area contributed by atoms with Gasteiger partial charge in [0.1, 0.15) is 5.84 Å². The summed E-state index contributed by atoms with van der Waals surface area (Å²) in [6.07, 6.45) is 2.78. The molecule has 20 heavy (non-hydrogen) atoms. The molecule has 0 aliphatic carbocycles. The van der Waals surface area contributed by atoms with E-state index in [0.29, 0.717) is 16.5 Å². The van der Waals surface area contributed by atoms with E-state index in [2.05, 4.69) is 4.98 Å². The topological polar surface area (TPSA) is 86.0 Å². The average molecular weight is 274 g/mol. The van der Waals surface area contributed by atoms with Crippen molar-refractivity contribution in [1.82, 2.24) is 9.88 Å². The molecule has 2 aromatic rings. The van der Waals surface area contributed by atoms with E-state index in [1.54, 1.807) is 24.4 Å². The lowest BCUT2D eigenvalue weighted by Crippen LogP contribution is -2.21. The van der Waals surface area contributed by atoms with Gasteiger partial charge in [0.05, 0.1) is 0 Å². The Labute approximate surface area is 115 Å². The Kier molecular flexibility index (Phi) is 3.56. The highest BCUT2D eigenvalue weighted by molar-refractivity contribution is 6.02. The van der Waals surface area contributed by atoms with Crippen LogP contribution < -0.4 is 5.73 Å². The SMILES string of the molecule is CN(C)C(=O)/C(F)=C/c1c[nH]c2ccc(C(=N)N)cc12. The first kappa shape index (κ1) is 13.8. The quantitative estimate of drug-likeness (QED) is 0.453. The molecular formula is C14H15FN4O. The van der Waals surface area contributed by atoms with Crippen LogP contribution in [0.25, 0.3) is 17.0 Å². The lowest BCUT2D eigenvalue weighted by molar-refractivity contribution is -0.126. The van der Waals surface area contributed by atoms with Gasteiger partial charge >= 0.3 is 0 Å². The number of H-pyrrole nitrogens is 1. The molecule has 0 aliphatic heterocycles. The van der Waals surface area contributed by atoms with Gasteiger partial charge in [0.2, 0.25) is 0 Å². The molecule has 0 radical (unpaired) electrons. The number of nitrogens with one attached hydrogen (secondary N) is 2. The van der Waals surface area contributed by atoms with E-state index in [-0.39, 0.29) is 5.84 Å². The Bertz CT molecular complexity index is 715. The first-order chi connectivity index (χ1) is 9.40. The number of aromatic amines is 1. The van der Waals surface area contributed by atoms with Crippen LogP contribution in [0.4, 0.5) is 4.39 Å². The van der Waals surface area contributed by atoms with Gasteiger partial charge in [0, 0.05) is 42.3 Å². The summed E-state index contributed by atoms with van der Waals surface area (Å²) in [6.45, 7) is 0. The van der Waals surface area contributed by atoms with Crippen LogP contribution in [0.3, 0.4) is 0 Å². The van der Waals surface area contributed by atoms with Crippen LogP contribution in [-0.4, -0.2) is 35.7 Å². The van der Waals surface area contributed by atoms with E-state index >= 15 is 0 Å². The van der Waals surface area contributed by atoms with E-state index in [1.807, 2.05) is 0 Å². The zero-order chi connectivity index (χ0) is 14.9. The number of likely N-dealkylation sites (N-methyl/N-ethyl adjacent to an activating group) is 1. The highest BCUT2D eigenvalue weighted by atomic mass is 19.1. The Hall–Kier alpha value is -2.63. The van der Waals surface area contributed by atoms with Gasteiger partial charge in [-0.2, -0.15) is 0 Å². The highest BCUT2D eigenvalue weighted by Crippen LogP contribution is 2.22. The van der Waals surface area contributed by atoms with Crippen molar-refractivity contribution in [3.8, 4) is 0 Å². The maximum absolute atomic E-state index is 13.8. The van der Waals surface area contributed by atoms with Crippen LogP contribution in [0.1, 0.15) is 11.1 Å². The van der Waals surface area contributed by atoms with Crippen molar-refractivity contribution in [2.24, 2.45) is 5.73 Å². The highest BCUT2D eigenvalue weighted by Gasteiger charge is 2.12. The number of benzene rings is 1. The number of nitrogen functional groups attached to an aromatic ring is 1. The number of hydrogen-bond acceptors (Lipinski definition) is 2. The molecule has 0 saturated heterocycles. The molecule has 1 heterocycles. The Morgan fingerprint density at radius 2 is 2.15 bits per heavy atom. The van der Waals surface area contributed by atoms with Gasteiger partial charge in [0.25, 0.3) is 5.91 Å². The molecule has 0 spiro atoms. The third-order valence-corrected chi connectivity index (χ3v) is 2.92. The summed E-state index contributed by atoms with van der Waals surface area (Å²) >= 11 is 0. The minimum absolute atomic E-state index is 0.0622. The summed E-state index contributed by atoms with van der Waals surface area (Å²) in [7, 11) is 2.97. The number of aromatic nitrogens is 1. The van der Waals surface area contributed by atoms with Gasteiger partial charge in [-0.25, -0.2) is 4.39 Å². The molecule has 0 unspecified atom stereocenters. The number of amidine groups is 1. The second kappa shape index (κ2) is 5.16. The summed E-state index contributed by atoms with van der Waals surface area (Å²) in [6, 6.07) is 5.15. The standard InChI is InChI=1S/C14H15FN4O/c1-19(2)14(20)11(15)6-9-7-18-12-4-3-8(13(16)17)5-10(9)12/h3-7,18H,1-2H3,(H3,16,17)/b11-6-. The number of halogens is 1. The van der Waals surface area contributed by atoms with E-state index in [9.17, 15) is 9.18 Å². The molecule has 0 atom stereocenters. The molecule has 1 aromatic carbocycles. The molecule has 0 aliphatic rings. The molecule has 2 rings (SSSR count). The summed E-state index contributed by atoms with van der Waals surface area (Å²) in [5, 5.41) is 8.13. The number of rotatable bonds is 3. The number of carbonyl (C=O) groups excluding carboxylic acids is 1. The average Bonchev–Trinajstić information content (AvgIpc) is 2.80. The number of carbonyl (C=O) groups is 1. The van der Waals surface area contributed by atoms with Crippen LogP contribution in [0, 0.1) is 5.41 Å². The van der Waals surface area contributed by atoms with Crippen LogP contribution >= 0.6 is 0 Å². The molecule has 104 valence electrons. The first-order valence-corrected chi connectivity index (χ1v) is 5.94. The summed E-state index contributed by atoms with van der Waals surface area (Å²) in [5.74, 6) is -1.60. The zero-order valence-electron chi connectivity index (χ0n) is 11.2. The molecule has 0 bridgehead atoms. The maximum Gasteiger partial charge on any atom is 0.282 e. The predicted molar refractivity (Wildman–Crippen MR) is 77.1 cm³/mol. The molecular weight excluding hydrogens is 259 g/mol. The molecule has 4 N–H and O–H groups in total. The molecule has 6 heteroatoms. The Morgan fingerprint density at radius 3 is 2.75 bits per heavy atom. The number of hydrogen-bond donors (Lipinski definition) is 3. The number of fused-ring (bicyclic) bond motifs is 1. The fourth-order valence-corrected chi connectivity index (χ4v) is 1.84. The van der Waals surface area contributed by atoms with Gasteiger partial charge in [-0.05, 0) is 24.3 Å². The largest absolute Gasteiger partial charge is 0.384 e. The molecule has 1 amide bonds. The van der Waals surface area contributed by atoms with Crippen molar-refractivity contribution >= 4 is 28.7 Å².